The molecule has 0 saturated carbocycles. The Morgan fingerprint density at radius 3 is 2.62 bits per heavy atom. The Hall–Kier alpha value is -2.38. The van der Waals surface area contributed by atoms with Gasteiger partial charge < -0.3 is 14.8 Å². The fraction of sp³-hybridized carbons (Fsp3) is 0.222. The highest BCUT2D eigenvalue weighted by Gasteiger charge is 2.22. The highest BCUT2D eigenvalue weighted by molar-refractivity contribution is 7.80. The highest BCUT2D eigenvalue weighted by Crippen LogP contribution is 2.33. The smallest absolute Gasteiger partial charge is 0.348 e. The number of ether oxygens (including phenoxy) is 2. The first-order valence-corrected chi connectivity index (χ1v) is 10.0. The fourth-order valence-corrected chi connectivity index (χ4v) is 3.99. The molecule has 0 aliphatic heterocycles. The van der Waals surface area contributed by atoms with Crippen LogP contribution in [0.2, 0.25) is 10.0 Å². The first-order valence-electron chi connectivity index (χ1n) is 8.03. The molecule has 0 spiro atoms. The average Bonchev–Trinajstić information content (AvgIpc) is 2.98. The molecule has 0 bridgehead atoms. The summed E-state index contributed by atoms with van der Waals surface area (Å²) >= 11 is 18.0. The van der Waals surface area contributed by atoms with Gasteiger partial charge in [0.25, 0.3) is 5.91 Å². The van der Waals surface area contributed by atoms with Gasteiger partial charge in [0.05, 0.1) is 17.7 Å². The zero-order valence-electron chi connectivity index (χ0n) is 15.5. The molecule has 1 unspecified atom stereocenters. The molecular formula is C18H15Cl2N3O4S2. The number of esters is 1. The number of hydrogen-bond donors (Lipinski definition) is 2. The second-order valence-corrected chi connectivity index (χ2v) is 7.91. The summed E-state index contributed by atoms with van der Waals surface area (Å²) in [6.45, 7) is 3.15. The van der Waals surface area contributed by atoms with Gasteiger partial charge in [-0.25, -0.2) is 4.79 Å². The highest BCUT2D eigenvalue weighted by atomic mass is 35.5. The topological polar surface area (TPSA) is 100 Å². The molecule has 1 aromatic heterocycles. The quantitative estimate of drug-likeness (QED) is 0.494. The number of rotatable bonds is 5. The molecule has 1 heterocycles. The molecule has 152 valence electrons. The molecule has 0 saturated heterocycles. The van der Waals surface area contributed by atoms with Gasteiger partial charge in [0, 0.05) is 5.02 Å². The molecule has 2 rings (SSSR count). The van der Waals surface area contributed by atoms with E-state index < -0.39 is 18.0 Å². The van der Waals surface area contributed by atoms with E-state index >= 15 is 0 Å². The van der Waals surface area contributed by atoms with Gasteiger partial charge in [0.2, 0.25) is 0 Å². The first-order chi connectivity index (χ1) is 13.7. The third-order valence-electron chi connectivity index (χ3n) is 3.66. The minimum atomic E-state index is -0.917. The van der Waals surface area contributed by atoms with Gasteiger partial charge in [-0.3, -0.25) is 10.1 Å². The Balaban J connectivity index is 2.06. The summed E-state index contributed by atoms with van der Waals surface area (Å²) in [5, 5.41) is 15.6. The van der Waals surface area contributed by atoms with E-state index in [-0.39, 0.29) is 20.6 Å². The van der Waals surface area contributed by atoms with Crippen LogP contribution in [-0.2, 0) is 9.53 Å². The number of halogens is 2. The summed E-state index contributed by atoms with van der Waals surface area (Å²) in [6, 6.07) is 6.64. The molecule has 2 N–H and O–H groups in total. The number of benzene rings is 1. The summed E-state index contributed by atoms with van der Waals surface area (Å²) in [7, 11) is 1.25. The van der Waals surface area contributed by atoms with Crippen molar-refractivity contribution in [2.75, 3.05) is 12.4 Å². The van der Waals surface area contributed by atoms with Crippen LogP contribution in [0.25, 0.3) is 0 Å². The lowest BCUT2D eigenvalue weighted by molar-refractivity contribution is -0.125. The van der Waals surface area contributed by atoms with E-state index in [1.165, 1.54) is 20.1 Å². The van der Waals surface area contributed by atoms with Crippen molar-refractivity contribution in [2.45, 2.75) is 20.0 Å². The predicted molar refractivity (Wildman–Crippen MR) is 116 cm³/mol. The molecule has 0 aliphatic rings. The molecule has 29 heavy (non-hydrogen) atoms. The van der Waals surface area contributed by atoms with Gasteiger partial charge in [-0.05, 0) is 49.8 Å². The number of anilines is 1. The van der Waals surface area contributed by atoms with Crippen molar-refractivity contribution in [1.29, 1.82) is 5.26 Å². The van der Waals surface area contributed by atoms with Crippen molar-refractivity contribution < 1.29 is 19.1 Å². The van der Waals surface area contributed by atoms with Gasteiger partial charge in [-0.15, -0.1) is 11.3 Å². The lowest BCUT2D eigenvalue weighted by atomic mass is 10.2. The van der Waals surface area contributed by atoms with Gasteiger partial charge in [-0.1, -0.05) is 23.2 Å². The number of nitrogens with zero attached hydrogens (tertiary/aromatic N) is 1. The Kier molecular flexibility index (Phi) is 7.81. The second-order valence-electron chi connectivity index (χ2n) is 5.64. The molecular weight excluding hydrogens is 457 g/mol. The molecule has 0 radical (unpaired) electrons. The van der Waals surface area contributed by atoms with Crippen LogP contribution in [0, 0.1) is 18.3 Å². The van der Waals surface area contributed by atoms with Gasteiger partial charge >= 0.3 is 5.97 Å². The van der Waals surface area contributed by atoms with Crippen LogP contribution in [0.15, 0.2) is 18.2 Å². The molecule has 0 aliphatic carbocycles. The number of carbonyl (C=O) groups is 2. The molecule has 1 amide bonds. The Morgan fingerprint density at radius 1 is 1.34 bits per heavy atom. The van der Waals surface area contributed by atoms with Crippen molar-refractivity contribution in [3.8, 4) is 11.8 Å². The normalized spacial score (nSPS) is 11.2. The largest absolute Gasteiger partial charge is 0.479 e. The standard InChI is InChI=1S/C18H15Cl2N3O4S2/c1-8-11(7-21)16(29-14(8)17(25)26-3)23-18(28)22-15(24)9(2)27-13-5-4-10(19)6-12(13)20/h4-6,9H,1-3H3,(H2,22,23,24,28). The van der Waals surface area contributed by atoms with E-state index in [0.29, 0.717) is 21.3 Å². The number of carbonyl (C=O) groups excluding carboxylic acids is 2. The first kappa shape index (κ1) is 22.9. The number of methoxy groups -OCH3 is 1. The van der Waals surface area contributed by atoms with E-state index in [1.807, 2.05) is 6.07 Å². The fourth-order valence-electron chi connectivity index (χ4n) is 2.19. The third-order valence-corrected chi connectivity index (χ3v) is 5.58. The number of hydrogen-bond acceptors (Lipinski definition) is 7. The van der Waals surface area contributed by atoms with Crippen LogP contribution in [0.4, 0.5) is 5.00 Å². The van der Waals surface area contributed by atoms with Gasteiger partial charge in [0.1, 0.15) is 21.7 Å². The van der Waals surface area contributed by atoms with Crippen LogP contribution in [0.5, 0.6) is 5.75 Å². The monoisotopic (exact) mass is 471 g/mol. The molecule has 1 aromatic carbocycles. The maximum atomic E-state index is 12.3. The van der Waals surface area contributed by atoms with Crippen molar-refractivity contribution in [3.63, 3.8) is 0 Å². The molecule has 11 heteroatoms. The summed E-state index contributed by atoms with van der Waals surface area (Å²) in [6.07, 6.45) is -0.917. The van der Waals surface area contributed by atoms with E-state index in [0.717, 1.165) is 11.3 Å². The molecule has 0 fully saturated rings. The van der Waals surface area contributed by atoms with Crippen LogP contribution in [0.3, 0.4) is 0 Å². The number of thiocarbonyl (C=S) groups is 1. The number of nitriles is 1. The number of nitrogens with one attached hydrogen (secondary N) is 2. The maximum absolute atomic E-state index is 12.3. The Labute approximate surface area is 186 Å². The predicted octanol–water partition coefficient (Wildman–Crippen LogP) is 4.30. The average molecular weight is 472 g/mol. The molecule has 7 nitrogen and oxygen atoms in total. The van der Waals surface area contributed by atoms with Crippen molar-refractivity contribution >= 4 is 68.7 Å². The van der Waals surface area contributed by atoms with Crippen LogP contribution >= 0.6 is 46.8 Å². The maximum Gasteiger partial charge on any atom is 0.348 e. The lowest BCUT2D eigenvalue weighted by Gasteiger charge is -2.16. The van der Waals surface area contributed by atoms with Crippen molar-refractivity contribution in [3.05, 3.63) is 44.2 Å². The minimum Gasteiger partial charge on any atom is -0.479 e. The number of amides is 1. The summed E-state index contributed by atoms with van der Waals surface area (Å²) in [4.78, 5) is 24.4. The van der Waals surface area contributed by atoms with E-state index in [2.05, 4.69) is 10.6 Å². The summed E-state index contributed by atoms with van der Waals surface area (Å²) in [5.74, 6) is -0.802. The SMILES string of the molecule is COC(=O)c1sc(NC(=S)NC(=O)C(C)Oc2ccc(Cl)cc2Cl)c(C#N)c1C. The Bertz CT molecular complexity index is 1020. The number of thiophene rings is 1. The third kappa shape index (κ3) is 5.58. The van der Waals surface area contributed by atoms with Gasteiger partial charge in [-0.2, -0.15) is 5.26 Å². The van der Waals surface area contributed by atoms with Crippen molar-refractivity contribution in [1.82, 2.24) is 5.32 Å². The molecule has 1 atom stereocenters. The Morgan fingerprint density at radius 2 is 2.03 bits per heavy atom. The van der Waals surface area contributed by atoms with Crippen LogP contribution in [-0.4, -0.2) is 30.2 Å². The second kappa shape index (κ2) is 9.89. The summed E-state index contributed by atoms with van der Waals surface area (Å²) < 4.78 is 10.2. The van der Waals surface area contributed by atoms with Crippen molar-refractivity contribution in [2.24, 2.45) is 0 Å². The zero-order chi connectivity index (χ0) is 21.7. The molecule has 2 aromatic rings. The van der Waals surface area contributed by atoms with Crippen LogP contribution < -0.4 is 15.4 Å². The lowest BCUT2D eigenvalue weighted by Crippen LogP contribution is -2.42. The van der Waals surface area contributed by atoms with Crippen LogP contribution in [0.1, 0.15) is 27.7 Å². The van der Waals surface area contributed by atoms with E-state index in [9.17, 15) is 14.9 Å². The van der Waals surface area contributed by atoms with E-state index in [4.69, 9.17) is 44.9 Å². The minimum absolute atomic E-state index is 0.0539. The van der Waals surface area contributed by atoms with E-state index in [1.54, 1.807) is 19.1 Å². The summed E-state index contributed by atoms with van der Waals surface area (Å²) in [5.41, 5.74) is 0.708. The van der Waals surface area contributed by atoms with Gasteiger partial charge in [0.15, 0.2) is 11.2 Å². The zero-order valence-corrected chi connectivity index (χ0v) is 18.6.